The summed E-state index contributed by atoms with van der Waals surface area (Å²) < 4.78 is 21.5. The fraction of sp³-hybridized carbons (Fsp3) is 0.211. The zero-order valence-electron chi connectivity index (χ0n) is 14.8. The number of carbonyl (C=O) groups is 1. The van der Waals surface area contributed by atoms with Crippen molar-refractivity contribution in [3.8, 4) is 28.6 Å². The Balaban J connectivity index is 1.66. The fourth-order valence-corrected chi connectivity index (χ4v) is 2.79. The summed E-state index contributed by atoms with van der Waals surface area (Å²) in [7, 11) is 1.52. The molecular formula is C19H17N3O5. The van der Waals surface area contributed by atoms with Crippen molar-refractivity contribution in [3.63, 3.8) is 0 Å². The molecule has 0 radical (unpaired) electrons. The van der Waals surface area contributed by atoms with Crippen molar-refractivity contribution in [3.05, 3.63) is 47.9 Å². The minimum Gasteiger partial charge on any atom is -0.493 e. The molecule has 1 aliphatic rings. The van der Waals surface area contributed by atoms with Crippen LogP contribution in [0.25, 0.3) is 11.4 Å². The molecule has 8 heteroatoms. The Labute approximate surface area is 155 Å². The molecule has 3 aromatic rings. The van der Waals surface area contributed by atoms with Gasteiger partial charge < -0.3 is 24.1 Å². The second kappa shape index (κ2) is 6.99. The molecule has 138 valence electrons. The van der Waals surface area contributed by atoms with Gasteiger partial charge in [-0.1, -0.05) is 17.3 Å². The van der Waals surface area contributed by atoms with Gasteiger partial charge in [-0.05, 0) is 24.3 Å². The van der Waals surface area contributed by atoms with Gasteiger partial charge in [0.1, 0.15) is 13.2 Å². The average Bonchev–Trinajstić information content (AvgIpc) is 3.13. The number of anilines is 1. The van der Waals surface area contributed by atoms with Gasteiger partial charge in [-0.15, -0.1) is 0 Å². The largest absolute Gasteiger partial charge is 0.493 e. The van der Waals surface area contributed by atoms with Gasteiger partial charge in [0.25, 0.3) is 5.91 Å². The second-order valence-electron chi connectivity index (χ2n) is 5.84. The Kier molecular flexibility index (Phi) is 4.37. The van der Waals surface area contributed by atoms with E-state index in [0.29, 0.717) is 59.0 Å². The molecule has 0 fully saturated rings. The summed E-state index contributed by atoms with van der Waals surface area (Å²) in [5.41, 5.74) is 1.61. The van der Waals surface area contributed by atoms with Crippen LogP contribution in [0.4, 0.5) is 5.69 Å². The Morgan fingerprint density at radius 2 is 2.00 bits per heavy atom. The van der Waals surface area contributed by atoms with Crippen LogP contribution >= 0.6 is 0 Å². The lowest BCUT2D eigenvalue weighted by Gasteiger charge is -2.21. The number of ether oxygens (including phenoxy) is 3. The van der Waals surface area contributed by atoms with Crippen LogP contribution in [-0.4, -0.2) is 36.4 Å². The molecule has 1 aromatic heterocycles. The number of hydrogen-bond donors (Lipinski definition) is 1. The number of carbonyl (C=O) groups excluding carboxylic acids is 1. The van der Waals surface area contributed by atoms with E-state index in [9.17, 15) is 4.79 Å². The molecule has 0 spiro atoms. The van der Waals surface area contributed by atoms with Gasteiger partial charge in [0.2, 0.25) is 17.5 Å². The second-order valence-corrected chi connectivity index (χ2v) is 5.84. The molecule has 0 saturated heterocycles. The van der Waals surface area contributed by atoms with Crippen LogP contribution < -0.4 is 19.5 Å². The lowest BCUT2D eigenvalue weighted by Crippen LogP contribution is -2.18. The minimum atomic E-state index is -0.321. The smallest absolute Gasteiger partial charge is 0.255 e. The van der Waals surface area contributed by atoms with Crippen LogP contribution in [0.1, 0.15) is 16.2 Å². The summed E-state index contributed by atoms with van der Waals surface area (Å²) in [5.74, 6) is 1.96. The maximum atomic E-state index is 12.8. The highest BCUT2D eigenvalue weighted by Crippen LogP contribution is 2.40. The first-order valence-corrected chi connectivity index (χ1v) is 8.34. The summed E-state index contributed by atoms with van der Waals surface area (Å²) >= 11 is 0. The Morgan fingerprint density at radius 1 is 1.19 bits per heavy atom. The third-order valence-corrected chi connectivity index (χ3v) is 4.03. The predicted molar refractivity (Wildman–Crippen MR) is 96.4 cm³/mol. The highest BCUT2D eigenvalue weighted by atomic mass is 16.6. The number of hydrogen-bond acceptors (Lipinski definition) is 7. The van der Waals surface area contributed by atoms with E-state index in [1.807, 2.05) is 18.2 Å². The first-order chi connectivity index (χ1) is 13.2. The van der Waals surface area contributed by atoms with E-state index in [0.717, 1.165) is 0 Å². The summed E-state index contributed by atoms with van der Waals surface area (Å²) in [6, 6.07) is 10.5. The molecule has 1 N–H and O–H groups in total. The zero-order chi connectivity index (χ0) is 18.8. The van der Waals surface area contributed by atoms with Crippen molar-refractivity contribution < 1.29 is 23.5 Å². The van der Waals surface area contributed by atoms with Crippen molar-refractivity contribution >= 4 is 11.6 Å². The van der Waals surface area contributed by atoms with E-state index < -0.39 is 0 Å². The molecule has 4 rings (SSSR count). The van der Waals surface area contributed by atoms with Gasteiger partial charge >= 0.3 is 0 Å². The van der Waals surface area contributed by atoms with Crippen molar-refractivity contribution in [2.24, 2.45) is 0 Å². The van der Waals surface area contributed by atoms with Gasteiger partial charge in [-0.3, -0.25) is 4.79 Å². The van der Waals surface area contributed by atoms with E-state index in [1.54, 1.807) is 25.1 Å². The molecule has 27 heavy (non-hydrogen) atoms. The molecule has 1 aliphatic heterocycles. The average molecular weight is 367 g/mol. The number of amides is 1. The number of rotatable bonds is 4. The van der Waals surface area contributed by atoms with E-state index in [2.05, 4.69) is 15.5 Å². The number of aromatic nitrogens is 2. The number of nitrogens with zero attached hydrogens (tertiary/aromatic N) is 2. The monoisotopic (exact) mass is 367 g/mol. The van der Waals surface area contributed by atoms with Crippen LogP contribution in [0.15, 0.2) is 40.9 Å². The molecule has 0 saturated carbocycles. The highest BCUT2D eigenvalue weighted by molar-refractivity contribution is 6.06. The van der Waals surface area contributed by atoms with E-state index in [-0.39, 0.29) is 5.91 Å². The van der Waals surface area contributed by atoms with Gasteiger partial charge in [-0.2, -0.15) is 4.98 Å². The highest BCUT2D eigenvalue weighted by Gasteiger charge is 2.21. The van der Waals surface area contributed by atoms with Crippen LogP contribution in [0, 0.1) is 6.92 Å². The molecule has 0 aliphatic carbocycles. The Bertz CT molecular complexity index is 982. The number of methoxy groups -OCH3 is 1. The van der Waals surface area contributed by atoms with Crippen molar-refractivity contribution in [1.29, 1.82) is 0 Å². The molecule has 0 unspecified atom stereocenters. The maximum Gasteiger partial charge on any atom is 0.255 e. The number of para-hydroxylation sites is 1. The topological polar surface area (TPSA) is 95.7 Å². The zero-order valence-corrected chi connectivity index (χ0v) is 14.8. The number of nitrogens with one attached hydrogen (secondary N) is 1. The Hall–Kier alpha value is -3.55. The predicted octanol–water partition coefficient (Wildman–Crippen LogP) is 3.08. The third-order valence-electron chi connectivity index (χ3n) is 4.03. The van der Waals surface area contributed by atoms with Gasteiger partial charge in [0.05, 0.1) is 12.8 Å². The molecule has 0 bridgehead atoms. The van der Waals surface area contributed by atoms with Crippen LogP contribution in [-0.2, 0) is 0 Å². The molecule has 1 amide bonds. The first-order valence-electron chi connectivity index (χ1n) is 8.34. The molecule has 8 nitrogen and oxygen atoms in total. The first kappa shape index (κ1) is 16.9. The van der Waals surface area contributed by atoms with Crippen LogP contribution in [0.5, 0.6) is 17.2 Å². The van der Waals surface area contributed by atoms with Gasteiger partial charge in [0.15, 0.2) is 11.5 Å². The summed E-state index contributed by atoms with van der Waals surface area (Å²) in [6.07, 6.45) is 0. The lowest BCUT2D eigenvalue weighted by atomic mass is 10.1. The van der Waals surface area contributed by atoms with Crippen LogP contribution in [0.2, 0.25) is 0 Å². The van der Waals surface area contributed by atoms with Crippen LogP contribution in [0.3, 0.4) is 0 Å². The molecule has 0 atom stereocenters. The number of fused-ring (bicyclic) bond motifs is 1. The van der Waals surface area contributed by atoms with E-state index in [4.69, 9.17) is 18.7 Å². The third kappa shape index (κ3) is 3.29. The molecule has 2 heterocycles. The van der Waals surface area contributed by atoms with Crippen molar-refractivity contribution in [2.75, 3.05) is 25.6 Å². The minimum absolute atomic E-state index is 0.321. The Morgan fingerprint density at radius 3 is 2.78 bits per heavy atom. The summed E-state index contributed by atoms with van der Waals surface area (Å²) in [6.45, 7) is 2.56. The van der Waals surface area contributed by atoms with Crippen molar-refractivity contribution in [1.82, 2.24) is 10.1 Å². The molecular weight excluding hydrogens is 350 g/mol. The fourth-order valence-electron chi connectivity index (χ4n) is 2.79. The summed E-state index contributed by atoms with van der Waals surface area (Å²) in [4.78, 5) is 17.1. The maximum absolute atomic E-state index is 12.8. The number of benzene rings is 2. The normalized spacial score (nSPS) is 12.5. The number of aryl methyl sites for hydroxylation is 1. The lowest BCUT2D eigenvalue weighted by molar-refractivity contribution is 0.102. The summed E-state index contributed by atoms with van der Waals surface area (Å²) in [5, 5.41) is 6.80. The van der Waals surface area contributed by atoms with Gasteiger partial charge in [0, 0.05) is 18.1 Å². The standard InChI is InChI=1S/C19H17N3O5/c1-11-20-18(22-27-11)13-5-3-4-6-14(13)21-19(23)12-9-15(24-2)17-16(10-12)25-7-8-26-17/h3-6,9-10H,7-8H2,1-2H3,(H,21,23). The van der Waals surface area contributed by atoms with Crippen molar-refractivity contribution in [2.45, 2.75) is 6.92 Å². The SMILES string of the molecule is COc1cc(C(=O)Nc2ccccc2-c2noc(C)n2)cc2c1OCCO2. The van der Waals surface area contributed by atoms with E-state index in [1.165, 1.54) is 7.11 Å². The van der Waals surface area contributed by atoms with E-state index >= 15 is 0 Å². The van der Waals surface area contributed by atoms with Gasteiger partial charge in [-0.25, -0.2) is 0 Å². The quantitative estimate of drug-likeness (QED) is 0.757. The molecule has 2 aromatic carbocycles.